The molecule has 0 aliphatic carbocycles. The third kappa shape index (κ3) is 4.07. The van der Waals surface area contributed by atoms with Crippen LogP contribution in [0.4, 0.5) is 14.5 Å². The zero-order valence-electron chi connectivity index (χ0n) is 12.0. The number of alkyl halides is 2. The van der Waals surface area contributed by atoms with Crippen LogP contribution < -0.4 is 14.8 Å². The van der Waals surface area contributed by atoms with E-state index in [1.54, 1.807) is 23.5 Å². The fourth-order valence-corrected chi connectivity index (χ4v) is 2.82. The highest BCUT2D eigenvalue weighted by atomic mass is 32.1. The number of aryl methyl sites for hydroxylation is 1. The fourth-order valence-electron chi connectivity index (χ4n) is 1.94. The van der Waals surface area contributed by atoms with Gasteiger partial charge in [0.05, 0.1) is 18.8 Å². The highest BCUT2D eigenvalue weighted by molar-refractivity contribution is 7.12. The minimum absolute atomic E-state index is 0.0178. The fraction of sp³-hybridized carbons (Fsp3) is 0.333. The van der Waals surface area contributed by atoms with Crippen molar-refractivity contribution in [1.29, 1.82) is 0 Å². The Morgan fingerprint density at radius 3 is 2.52 bits per heavy atom. The van der Waals surface area contributed by atoms with Crippen molar-refractivity contribution in [2.75, 3.05) is 12.4 Å². The average molecular weight is 313 g/mol. The minimum Gasteiger partial charge on any atom is -0.497 e. The maximum atomic E-state index is 12.5. The third-order valence-electron chi connectivity index (χ3n) is 2.96. The van der Waals surface area contributed by atoms with E-state index in [0.29, 0.717) is 11.4 Å². The molecule has 1 aromatic heterocycles. The predicted octanol–water partition coefficient (Wildman–Crippen LogP) is 4.84. The summed E-state index contributed by atoms with van der Waals surface area (Å²) in [5.74, 6) is 0.680. The smallest absolute Gasteiger partial charge is 0.387 e. The van der Waals surface area contributed by atoms with E-state index in [9.17, 15) is 8.78 Å². The number of benzene rings is 1. The zero-order chi connectivity index (χ0) is 15.4. The van der Waals surface area contributed by atoms with E-state index in [2.05, 4.69) is 10.1 Å². The largest absolute Gasteiger partial charge is 0.497 e. The number of halogens is 2. The van der Waals surface area contributed by atoms with E-state index in [4.69, 9.17) is 4.74 Å². The van der Waals surface area contributed by atoms with Gasteiger partial charge < -0.3 is 14.8 Å². The molecule has 114 valence electrons. The lowest BCUT2D eigenvalue weighted by molar-refractivity contribution is -0.0494. The molecule has 3 nitrogen and oxygen atoms in total. The summed E-state index contributed by atoms with van der Waals surface area (Å²) in [6.45, 7) is 1.13. The molecule has 2 aromatic rings. The topological polar surface area (TPSA) is 30.5 Å². The van der Waals surface area contributed by atoms with Crippen molar-refractivity contribution in [3.05, 3.63) is 40.1 Å². The van der Waals surface area contributed by atoms with Crippen LogP contribution in [0.3, 0.4) is 0 Å². The first kappa shape index (κ1) is 15.6. The van der Waals surface area contributed by atoms with Crippen LogP contribution in [0.1, 0.15) is 22.7 Å². The van der Waals surface area contributed by atoms with Gasteiger partial charge in [0.2, 0.25) is 0 Å². The number of hydrogen-bond acceptors (Lipinski definition) is 4. The molecule has 1 heterocycles. The monoisotopic (exact) mass is 313 g/mol. The third-order valence-corrected chi connectivity index (χ3v) is 4.15. The van der Waals surface area contributed by atoms with Crippen LogP contribution >= 0.6 is 11.3 Å². The summed E-state index contributed by atoms with van der Waals surface area (Å²) in [7, 11) is 1.53. The first-order valence-electron chi connectivity index (χ1n) is 6.45. The standard InChI is InChI=1S/C15H17F2NO2S/c1-9-4-7-14(21-9)10(2)18-12-8-11(19-3)5-6-13(12)20-15(16)17/h4-8,10,15,18H,1-3H3. The van der Waals surface area contributed by atoms with Crippen molar-refractivity contribution >= 4 is 17.0 Å². The molecule has 0 bridgehead atoms. The second kappa shape index (κ2) is 6.76. The van der Waals surface area contributed by atoms with Gasteiger partial charge >= 0.3 is 6.61 Å². The van der Waals surface area contributed by atoms with Crippen LogP contribution in [0.15, 0.2) is 30.3 Å². The van der Waals surface area contributed by atoms with Crippen molar-refractivity contribution in [2.45, 2.75) is 26.5 Å². The molecule has 0 saturated heterocycles. The Morgan fingerprint density at radius 2 is 1.95 bits per heavy atom. The highest BCUT2D eigenvalue weighted by Crippen LogP contribution is 2.34. The van der Waals surface area contributed by atoms with Crippen molar-refractivity contribution in [3.8, 4) is 11.5 Å². The van der Waals surface area contributed by atoms with Gasteiger partial charge in [0, 0.05) is 15.8 Å². The summed E-state index contributed by atoms with van der Waals surface area (Å²) in [6, 6.07) is 8.74. The summed E-state index contributed by atoms with van der Waals surface area (Å²) in [6.07, 6.45) is 0. The van der Waals surface area contributed by atoms with Gasteiger partial charge in [0.25, 0.3) is 0 Å². The Labute approximate surface area is 126 Å². The molecular formula is C15H17F2NO2S. The molecule has 0 spiro atoms. The first-order chi connectivity index (χ1) is 9.99. The molecular weight excluding hydrogens is 296 g/mol. The average Bonchev–Trinajstić information content (AvgIpc) is 2.87. The first-order valence-corrected chi connectivity index (χ1v) is 7.27. The van der Waals surface area contributed by atoms with Crippen molar-refractivity contribution in [1.82, 2.24) is 0 Å². The number of anilines is 1. The summed E-state index contributed by atoms with van der Waals surface area (Å²) in [5, 5.41) is 3.19. The lowest BCUT2D eigenvalue weighted by Crippen LogP contribution is -2.09. The van der Waals surface area contributed by atoms with Crippen LogP contribution in [-0.2, 0) is 0 Å². The number of ether oxygens (including phenoxy) is 2. The van der Waals surface area contributed by atoms with E-state index in [1.165, 1.54) is 18.1 Å². The van der Waals surface area contributed by atoms with Crippen molar-refractivity contribution in [3.63, 3.8) is 0 Å². The van der Waals surface area contributed by atoms with Crippen LogP contribution in [0.25, 0.3) is 0 Å². The highest BCUT2D eigenvalue weighted by Gasteiger charge is 2.14. The molecule has 1 atom stereocenters. The molecule has 1 unspecified atom stereocenters. The molecule has 0 fully saturated rings. The Bertz CT molecular complexity index is 601. The maximum absolute atomic E-state index is 12.5. The summed E-state index contributed by atoms with van der Waals surface area (Å²) in [5.41, 5.74) is 0.480. The van der Waals surface area contributed by atoms with Gasteiger partial charge in [-0.15, -0.1) is 11.3 Å². The Kier molecular flexibility index (Phi) is 5.01. The predicted molar refractivity (Wildman–Crippen MR) is 80.7 cm³/mol. The van der Waals surface area contributed by atoms with Crippen LogP contribution in [0, 0.1) is 6.92 Å². The molecule has 0 aliphatic heterocycles. The van der Waals surface area contributed by atoms with Gasteiger partial charge in [-0.1, -0.05) is 0 Å². The Balaban J connectivity index is 2.23. The quantitative estimate of drug-likeness (QED) is 0.828. The molecule has 1 N–H and O–H groups in total. The minimum atomic E-state index is -2.86. The Hall–Kier alpha value is -1.82. The molecule has 2 rings (SSSR count). The van der Waals surface area contributed by atoms with Gasteiger partial charge in [-0.3, -0.25) is 0 Å². The van der Waals surface area contributed by atoms with Crippen LogP contribution in [0.2, 0.25) is 0 Å². The molecule has 0 saturated carbocycles. The number of methoxy groups -OCH3 is 1. The molecule has 0 amide bonds. The maximum Gasteiger partial charge on any atom is 0.387 e. The Morgan fingerprint density at radius 1 is 1.19 bits per heavy atom. The second-order valence-corrected chi connectivity index (χ2v) is 5.87. The number of hydrogen-bond donors (Lipinski definition) is 1. The van der Waals surface area contributed by atoms with Gasteiger partial charge in [-0.25, -0.2) is 0 Å². The molecule has 0 aliphatic rings. The van der Waals surface area contributed by atoms with Gasteiger partial charge in [-0.2, -0.15) is 8.78 Å². The lowest BCUT2D eigenvalue weighted by Gasteiger charge is -2.18. The molecule has 21 heavy (non-hydrogen) atoms. The molecule has 0 radical (unpaired) electrons. The summed E-state index contributed by atoms with van der Waals surface area (Å²) < 4.78 is 34.6. The van der Waals surface area contributed by atoms with Gasteiger partial charge in [-0.05, 0) is 38.1 Å². The normalized spacial score (nSPS) is 12.3. The van der Waals surface area contributed by atoms with E-state index < -0.39 is 6.61 Å². The number of thiophene rings is 1. The van der Waals surface area contributed by atoms with E-state index in [1.807, 2.05) is 26.0 Å². The second-order valence-electron chi connectivity index (χ2n) is 4.56. The van der Waals surface area contributed by atoms with Crippen LogP contribution in [-0.4, -0.2) is 13.7 Å². The van der Waals surface area contributed by atoms with Gasteiger partial charge in [0.15, 0.2) is 0 Å². The lowest BCUT2D eigenvalue weighted by atomic mass is 10.2. The molecule has 1 aromatic carbocycles. The number of nitrogens with one attached hydrogen (secondary N) is 1. The zero-order valence-corrected chi connectivity index (χ0v) is 12.8. The molecule has 6 heteroatoms. The van der Waals surface area contributed by atoms with Gasteiger partial charge in [0.1, 0.15) is 11.5 Å². The number of rotatable bonds is 6. The van der Waals surface area contributed by atoms with E-state index in [0.717, 1.165) is 4.88 Å². The summed E-state index contributed by atoms with van der Waals surface area (Å²) in [4.78, 5) is 2.33. The SMILES string of the molecule is COc1ccc(OC(F)F)c(NC(C)c2ccc(C)s2)c1. The van der Waals surface area contributed by atoms with E-state index in [-0.39, 0.29) is 11.8 Å². The van der Waals surface area contributed by atoms with Crippen molar-refractivity contribution < 1.29 is 18.3 Å². The summed E-state index contributed by atoms with van der Waals surface area (Å²) >= 11 is 1.66. The van der Waals surface area contributed by atoms with E-state index >= 15 is 0 Å². The van der Waals surface area contributed by atoms with Crippen LogP contribution in [0.5, 0.6) is 11.5 Å². The van der Waals surface area contributed by atoms with Crippen molar-refractivity contribution in [2.24, 2.45) is 0 Å².